The van der Waals surface area contributed by atoms with Crippen LogP contribution in [0.15, 0.2) is 38.8 Å². The van der Waals surface area contributed by atoms with E-state index in [1.54, 1.807) is 6.34 Å². The molecule has 2 rings (SSSR count). The van der Waals surface area contributed by atoms with Crippen molar-refractivity contribution >= 4 is 17.9 Å². The van der Waals surface area contributed by atoms with Crippen LogP contribution in [-0.2, 0) is 0 Å². The zero-order valence-electron chi connectivity index (χ0n) is 10.0. The molecule has 3 nitrogen and oxygen atoms in total. The van der Waals surface area contributed by atoms with Crippen molar-refractivity contribution < 1.29 is 0 Å². The van der Waals surface area contributed by atoms with Gasteiger partial charge in [0.15, 0.2) is 0 Å². The SMILES string of the molecule is CC1=CC2C(=NC=NC2=NCC(C)C)C=C1. The molecule has 16 heavy (non-hydrogen) atoms. The zero-order valence-corrected chi connectivity index (χ0v) is 10.0. The highest BCUT2D eigenvalue weighted by Crippen LogP contribution is 2.19. The molecule has 1 aliphatic carbocycles. The van der Waals surface area contributed by atoms with Gasteiger partial charge in [0.1, 0.15) is 12.2 Å². The van der Waals surface area contributed by atoms with E-state index in [9.17, 15) is 0 Å². The van der Waals surface area contributed by atoms with Gasteiger partial charge < -0.3 is 0 Å². The number of hydrogen-bond acceptors (Lipinski definition) is 2. The fourth-order valence-corrected chi connectivity index (χ4v) is 1.70. The van der Waals surface area contributed by atoms with Crippen molar-refractivity contribution in [2.45, 2.75) is 20.8 Å². The average Bonchev–Trinajstić information content (AvgIpc) is 2.26. The second kappa shape index (κ2) is 4.56. The van der Waals surface area contributed by atoms with Crippen LogP contribution in [0.4, 0.5) is 0 Å². The van der Waals surface area contributed by atoms with E-state index in [2.05, 4.69) is 54.0 Å². The van der Waals surface area contributed by atoms with E-state index >= 15 is 0 Å². The molecule has 1 heterocycles. The minimum atomic E-state index is 0.161. The number of amidine groups is 1. The highest BCUT2D eigenvalue weighted by Gasteiger charge is 2.22. The molecule has 0 bridgehead atoms. The van der Waals surface area contributed by atoms with Crippen molar-refractivity contribution in [1.82, 2.24) is 0 Å². The first-order valence-corrected chi connectivity index (χ1v) is 5.68. The third-order valence-electron chi connectivity index (χ3n) is 2.56. The number of allylic oxidation sites excluding steroid dienone is 3. The van der Waals surface area contributed by atoms with Crippen LogP contribution in [0.1, 0.15) is 20.8 Å². The number of hydrogen-bond donors (Lipinski definition) is 0. The monoisotopic (exact) mass is 215 g/mol. The fraction of sp³-hybridized carbons (Fsp3) is 0.462. The summed E-state index contributed by atoms with van der Waals surface area (Å²) < 4.78 is 0. The summed E-state index contributed by atoms with van der Waals surface area (Å²) in [5.74, 6) is 1.62. The van der Waals surface area contributed by atoms with E-state index in [4.69, 9.17) is 0 Å². The summed E-state index contributed by atoms with van der Waals surface area (Å²) in [5.41, 5.74) is 2.29. The van der Waals surface area contributed by atoms with Gasteiger partial charge >= 0.3 is 0 Å². The van der Waals surface area contributed by atoms with Gasteiger partial charge in [-0.3, -0.25) is 4.99 Å². The van der Waals surface area contributed by atoms with E-state index in [0.717, 1.165) is 18.1 Å². The smallest absolute Gasteiger partial charge is 0.138 e. The molecule has 0 radical (unpaired) electrons. The summed E-state index contributed by atoms with van der Waals surface area (Å²) in [6, 6.07) is 0. The lowest BCUT2D eigenvalue weighted by Crippen LogP contribution is -2.25. The molecule has 2 aliphatic rings. The Labute approximate surface area is 96.4 Å². The Morgan fingerprint density at radius 2 is 2.19 bits per heavy atom. The van der Waals surface area contributed by atoms with Crippen LogP contribution in [0, 0.1) is 11.8 Å². The Balaban J connectivity index is 2.23. The Hall–Kier alpha value is -1.51. The maximum Gasteiger partial charge on any atom is 0.138 e. The van der Waals surface area contributed by atoms with Crippen molar-refractivity contribution in [3.63, 3.8) is 0 Å². The summed E-state index contributed by atoms with van der Waals surface area (Å²) >= 11 is 0. The maximum atomic E-state index is 4.56. The lowest BCUT2D eigenvalue weighted by Gasteiger charge is -2.19. The van der Waals surface area contributed by atoms with Crippen molar-refractivity contribution in [1.29, 1.82) is 0 Å². The fourth-order valence-electron chi connectivity index (χ4n) is 1.70. The summed E-state index contributed by atoms with van der Waals surface area (Å²) in [5, 5.41) is 0. The first-order chi connectivity index (χ1) is 7.66. The molecular formula is C13H17N3. The lowest BCUT2D eigenvalue weighted by atomic mass is 9.93. The van der Waals surface area contributed by atoms with Gasteiger partial charge in [0.25, 0.3) is 0 Å². The van der Waals surface area contributed by atoms with Crippen molar-refractivity contribution in [2.75, 3.05) is 6.54 Å². The molecule has 1 aliphatic heterocycles. The predicted octanol–water partition coefficient (Wildman–Crippen LogP) is 2.66. The van der Waals surface area contributed by atoms with Crippen LogP contribution >= 0.6 is 0 Å². The van der Waals surface area contributed by atoms with Crippen molar-refractivity contribution in [3.8, 4) is 0 Å². The molecule has 0 saturated carbocycles. The number of nitrogens with zero attached hydrogens (tertiary/aromatic N) is 3. The Kier molecular flexibility index (Phi) is 3.13. The number of rotatable bonds is 2. The molecule has 0 saturated heterocycles. The van der Waals surface area contributed by atoms with Crippen LogP contribution in [0.2, 0.25) is 0 Å². The van der Waals surface area contributed by atoms with E-state index in [1.165, 1.54) is 5.57 Å². The van der Waals surface area contributed by atoms with Gasteiger partial charge in [-0.25, -0.2) is 9.98 Å². The Bertz CT molecular complexity index is 422. The second-order valence-corrected chi connectivity index (χ2v) is 4.61. The van der Waals surface area contributed by atoms with E-state index < -0.39 is 0 Å². The molecule has 0 aromatic rings. The van der Waals surface area contributed by atoms with Gasteiger partial charge in [0.05, 0.1) is 11.6 Å². The molecule has 0 aromatic heterocycles. The summed E-state index contributed by atoms with van der Waals surface area (Å²) in [6.07, 6.45) is 7.91. The molecule has 0 spiro atoms. The van der Waals surface area contributed by atoms with Gasteiger partial charge in [-0.05, 0) is 18.9 Å². The largest absolute Gasteiger partial charge is 0.269 e. The Morgan fingerprint density at radius 3 is 2.94 bits per heavy atom. The molecule has 84 valence electrons. The van der Waals surface area contributed by atoms with Crippen LogP contribution in [0.25, 0.3) is 0 Å². The molecular weight excluding hydrogens is 198 g/mol. The van der Waals surface area contributed by atoms with Crippen LogP contribution in [0.3, 0.4) is 0 Å². The zero-order chi connectivity index (χ0) is 11.5. The third-order valence-corrected chi connectivity index (χ3v) is 2.56. The van der Waals surface area contributed by atoms with Crippen LogP contribution in [0.5, 0.6) is 0 Å². The third kappa shape index (κ3) is 2.35. The molecule has 3 heteroatoms. The molecule has 0 fully saturated rings. The summed E-state index contributed by atoms with van der Waals surface area (Å²) in [6.45, 7) is 7.24. The average molecular weight is 215 g/mol. The number of aliphatic imine (C=N–C) groups is 3. The van der Waals surface area contributed by atoms with E-state index in [1.807, 2.05) is 0 Å². The van der Waals surface area contributed by atoms with Crippen molar-refractivity contribution in [3.05, 3.63) is 23.8 Å². The molecule has 0 N–H and O–H groups in total. The van der Waals surface area contributed by atoms with Crippen molar-refractivity contribution in [2.24, 2.45) is 26.8 Å². The normalized spacial score (nSPS) is 25.8. The second-order valence-electron chi connectivity index (χ2n) is 4.61. The van der Waals surface area contributed by atoms with Gasteiger partial charge in [0.2, 0.25) is 0 Å². The summed E-state index contributed by atoms with van der Waals surface area (Å²) in [4.78, 5) is 13.1. The molecule has 1 atom stereocenters. The first kappa shape index (κ1) is 11.0. The minimum Gasteiger partial charge on any atom is -0.269 e. The summed E-state index contributed by atoms with van der Waals surface area (Å²) in [7, 11) is 0. The quantitative estimate of drug-likeness (QED) is 0.679. The van der Waals surface area contributed by atoms with Gasteiger partial charge in [-0.2, -0.15) is 0 Å². The first-order valence-electron chi connectivity index (χ1n) is 5.68. The molecule has 0 aromatic carbocycles. The Morgan fingerprint density at radius 1 is 1.38 bits per heavy atom. The highest BCUT2D eigenvalue weighted by atomic mass is 15.0. The molecule has 0 amide bonds. The number of fused-ring (bicyclic) bond motifs is 1. The van der Waals surface area contributed by atoms with Gasteiger partial charge in [0, 0.05) is 6.54 Å². The van der Waals surface area contributed by atoms with Crippen LogP contribution < -0.4 is 0 Å². The maximum absolute atomic E-state index is 4.56. The van der Waals surface area contributed by atoms with Gasteiger partial charge in [-0.15, -0.1) is 0 Å². The lowest BCUT2D eigenvalue weighted by molar-refractivity contribution is 0.663. The predicted molar refractivity (Wildman–Crippen MR) is 69.5 cm³/mol. The topological polar surface area (TPSA) is 37.1 Å². The van der Waals surface area contributed by atoms with E-state index in [-0.39, 0.29) is 5.92 Å². The van der Waals surface area contributed by atoms with Gasteiger partial charge in [-0.1, -0.05) is 31.6 Å². The minimum absolute atomic E-state index is 0.161. The highest BCUT2D eigenvalue weighted by molar-refractivity contribution is 6.19. The standard InChI is InChI=1S/C13H17N3/c1-9(2)7-14-13-11-6-10(3)4-5-12(11)15-8-16-13/h4-6,8-9,11H,7H2,1-3H3. The molecule has 1 unspecified atom stereocenters. The van der Waals surface area contributed by atoms with E-state index in [0.29, 0.717) is 5.92 Å². The van der Waals surface area contributed by atoms with Crippen LogP contribution in [-0.4, -0.2) is 24.4 Å².